The van der Waals surface area contributed by atoms with E-state index >= 15 is 0 Å². The second kappa shape index (κ2) is 7.16. The number of hydrogen-bond acceptors (Lipinski definition) is 4. The fourth-order valence-corrected chi connectivity index (χ4v) is 0.903. The van der Waals surface area contributed by atoms with Crippen molar-refractivity contribution in [3.8, 4) is 0 Å². The topological polar surface area (TPSA) is 72.8 Å². The molecule has 8 heteroatoms. The highest BCUT2D eigenvalue weighted by Gasteiger charge is 2.46. The van der Waals surface area contributed by atoms with Crippen LogP contribution in [-0.2, 0) is 18.6 Å². The van der Waals surface area contributed by atoms with Crippen molar-refractivity contribution in [2.24, 2.45) is 5.41 Å². The van der Waals surface area contributed by atoms with Gasteiger partial charge >= 0.3 is 19.2 Å². The Kier molecular flexibility index (Phi) is 7.88. The predicted octanol–water partition coefficient (Wildman–Crippen LogP) is 3.37. The minimum Gasteiger partial charge on any atom is -0.438 e. The van der Waals surface area contributed by atoms with Crippen LogP contribution in [0.5, 0.6) is 0 Å². The smallest absolute Gasteiger partial charge is 0.399 e. The summed E-state index contributed by atoms with van der Waals surface area (Å²) in [5.41, 5.74) is -4.72. The molecule has 0 aliphatic carbocycles. The van der Waals surface area contributed by atoms with Crippen molar-refractivity contribution < 1.29 is 32.3 Å². The Balaban J connectivity index is 0. The van der Waals surface area contributed by atoms with E-state index in [9.17, 15) is 18.1 Å². The minimum atomic E-state index is -5.10. The lowest BCUT2D eigenvalue weighted by Gasteiger charge is -2.20. The second-order valence-electron chi connectivity index (χ2n) is 4.29. The molecular formula is C10H21F2O5P. The number of alkyl halides is 2. The Hall–Kier alpha value is -0.520. The van der Waals surface area contributed by atoms with E-state index < -0.39 is 31.4 Å². The Labute approximate surface area is 106 Å². The molecule has 0 aliphatic rings. The van der Waals surface area contributed by atoms with Crippen LogP contribution in [0.25, 0.3) is 0 Å². The molecule has 0 radical (unpaired) electrons. The van der Waals surface area contributed by atoms with Gasteiger partial charge < -0.3 is 9.63 Å². The van der Waals surface area contributed by atoms with Gasteiger partial charge in [0.2, 0.25) is 6.79 Å². The minimum absolute atomic E-state index is 0.249. The number of ether oxygens (including phenoxy) is 1. The third-order valence-corrected chi connectivity index (χ3v) is 2.97. The van der Waals surface area contributed by atoms with Gasteiger partial charge in [0.25, 0.3) is 0 Å². The van der Waals surface area contributed by atoms with Crippen molar-refractivity contribution in [1.82, 2.24) is 0 Å². The predicted molar refractivity (Wildman–Crippen MR) is 63.3 cm³/mol. The zero-order chi connectivity index (χ0) is 15.2. The van der Waals surface area contributed by atoms with E-state index in [1.165, 1.54) is 0 Å². The number of halogens is 2. The number of carbonyl (C=O) groups is 1. The van der Waals surface area contributed by atoms with Crippen LogP contribution in [0.3, 0.4) is 0 Å². The highest BCUT2D eigenvalue weighted by molar-refractivity contribution is 7.54. The molecule has 0 saturated carbocycles. The van der Waals surface area contributed by atoms with Crippen molar-refractivity contribution in [3.05, 3.63) is 0 Å². The molecule has 0 aromatic carbocycles. The number of rotatable bonds is 4. The van der Waals surface area contributed by atoms with Crippen LogP contribution in [0.1, 0.15) is 41.5 Å². The maximum absolute atomic E-state index is 12.5. The van der Waals surface area contributed by atoms with Gasteiger partial charge in [0.05, 0.1) is 5.41 Å². The first-order valence-corrected chi connectivity index (χ1v) is 6.98. The van der Waals surface area contributed by atoms with Crippen LogP contribution in [0.4, 0.5) is 8.78 Å². The van der Waals surface area contributed by atoms with Gasteiger partial charge in [-0.05, 0) is 20.8 Å². The molecule has 18 heavy (non-hydrogen) atoms. The van der Waals surface area contributed by atoms with Crippen molar-refractivity contribution in [2.75, 3.05) is 6.79 Å². The SMILES string of the molecule is CC.CC(C)(C)C(=O)OCOP(=O)(O)C(C)(F)F. The summed E-state index contributed by atoms with van der Waals surface area (Å²) in [6.45, 7) is 7.90. The Bertz CT molecular complexity index is 306. The zero-order valence-electron chi connectivity index (χ0n) is 11.5. The molecule has 0 rings (SSSR count). The first kappa shape index (κ1) is 19.8. The lowest BCUT2D eigenvalue weighted by atomic mass is 9.98. The lowest BCUT2D eigenvalue weighted by Crippen LogP contribution is -2.24. The largest absolute Gasteiger partial charge is 0.438 e. The van der Waals surface area contributed by atoms with Crippen molar-refractivity contribution in [3.63, 3.8) is 0 Å². The highest BCUT2D eigenvalue weighted by atomic mass is 31.2. The molecule has 0 aliphatic heterocycles. The molecule has 1 N–H and O–H groups in total. The summed E-state index contributed by atoms with van der Waals surface area (Å²) in [5.74, 6) is -0.716. The van der Waals surface area contributed by atoms with Gasteiger partial charge in [-0.3, -0.25) is 13.9 Å². The first-order chi connectivity index (χ1) is 7.88. The number of hydrogen-bond donors (Lipinski definition) is 1. The fraction of sp³-hybridized carbons (Fsp3) is 0.900. The number of esters is 1. The molecule has 5 nitrogen and oxygen atoms in total. The van der Waals surface area contributed by atoms with Gasteiger partial charge in [0.1, 0.15) is 0 Å². The first-order valence-electron chi connectivity index (χ1n) is 5.40. The maximum atomic E-state index is 12.5. The fourth-order valence-electron chi connectivity index (χ4n) is 0.481. The van der Waals surface area contributed by atoms with E-state index in [4.69, 9.17) is 4.89 Å². The van der Waals surface area contributed by atoms with Crippen LogP contribution >= 0.6 is 7.60 Å². The highest BCUT2D eigenvalue weighted by Crippen LogP contribution is 2.57. The molecule has 0 bridgehead atoms. The molecule has 0 heterocycles. The second-order valence-corrected chi connectivity index (χ2v) is 6.38. The Morgan fingerprint density at radius 2 is 1.61 bits per heavy atom. The van der Waals surface area contributed by atoms with E-state index in [-0.39, 0.29) is 6.92 Å². The molecule has 0 amide bonds. The van der Waals surface area contributed by atoms with Crippen molar-refractivity contribution in [2.45, 2.75) is 47.2 Å². The van der Waals surface area contributed by atoms with Gasteiger partial charge in [-0.25, -0.2) is 0 Å². The molecular weight excluding hydrogens is 269 g/mol. The zero-order valence-corrected chi connectivity index (χ0v) is 12.4. The van der Waals surface area contributed by atoms with E-state index in [2.05, 4.69) is 9.26 Å². The molecule has 1 atom stereocenters. The Morgan fingerprint density at radius 3 is 1.89 bits per heavy atom. The van der Waals surface area contributed by atoms with Gasteiger partial charge in [-0.1, -0.05) is 13.8 Å². The van der Waals surface area contributed by atoms with Crippen LogP contribution in [0.2, 0.25) is 0 Å². The normalized spacial score (nSPS) is 15.2. The molecule has 0 aromatic heterocycles. The summed E-state index contributed by atoms with van der Waals surface area (Å²) in [5, 5.41) is 0. The molecule has 0 spiro atoms. The van der Waals surface area contributed by atoms with Gasteiger partial charge in [0.15, 0.2) is 0 Å². The van der Waals surface area contributed by atoms with Crippen molar-refractivity contribution in [1.29, 1.82) is 0 Å². The summed E-state index contributed by atoms with van der Waals surface area (Å²) < 4.78 is 44.2. The Morgan fingerprint density at radius 1 is 1.22 bits per heavy atom. The average Bonchev–Trinajstić information content (AvgIpc) is 2.17. The monoisotopic (exact) mass is 290 g/mol. The summed E-state index contributed by atoms with van der Waals surface area (Å²) in [7, 11) is -5.10. The van der Waals surface area contributed by atoms with Gasteiger partial charge in [0, 0.05) is 6.92 Å². The van der Waals surface area contributed by atoms with E-state index in [1.807, 2.05) is 13.8 Å². The van der Waals surface area contributed by atoms with Crippen LogP contribution in [0.15, 0.2) is 0 Å². The number of carbonyl (C=O) groups excluding carboxylic acids is 1. The lowest BCUT2D eigenvalue weighted by molar-refractivity contribution is -0.160. The van der Waals surface area contributed by atoms with Gasteiger partial charge in [-0.15, -0.1) is 0 Å². The van der Waals surface area contributed by atoms with Crippen molar-refractivity contribution >= 4 is 13.6 Å². The van der Waals surface area contributed by atoms with E-state index in [0.29, 0.717) is 0 Å². The summed E-state index contributed by atoms with van der Waals surface area (Å²) in [6, 6.07) is 0. The standard InChI is InChI=1S/C8H15F2O5P.C2H6/c1-7(2,3)6(11)14-5-15-16(12,13)8(4,9)10;1-2/h5H2,1-4H3,(H,12,13);1-2H3. The molecule has 0 aromatic rings. The van der Waals surface area contributed by atoms with Crippen LogP contribution < -0.4 is 0 Å². The third kappa shape index (κ3) is 7.03. The summed E-state index contributed by atoms with van der Waals surface area (Å²) in [4.78, 5) is 19.9. The average molecular weight is 290 g/mol. The molecule has 110 valence electrons. The van der Waals surface area contributed by atoms with Crippen LogP contribution in [0, 0.1) is 5.41 Å². The third-order valence-electron chi connectivity index (χ3n) is 1.53. The van der Waals surface area contributed by atoms with Crippen LogP contribution in [-0.4, -0.2) is 23.3 Å². The molecule has 1 unspecified atom stereocenters. The summed E-state index contributed by atoms with van der Waals surface area (Å²) in [6.07, 6.45) is 0. The molecule has 0 saturated heterocycles. The quantitative estimate of drug-likeness (QED) is 0.488. The van der Waals surface area contributed by atoms with Gasteiger partial charge in [-0.2, -0.15) is 8.78 Å². The van der Waals surface area contributed by atoms with E-state index in [0.717, 1.165) is 0 Å². The van der Waals surface area contributed by atoms with E-state index in [1.54, 1.807) is 20.8 Å². The molecule has 0 fully saturated rings. The maximum Gasteiger partial charge on any atom is 0.399 e. The summed E-state index contributed by atoms with van der Waals surface area (Å²) >= 11 is 0.